The SMILES string of the molecule is CCNCCNC(=O)COc1ccc(Br)cc1Cl.Cl. The third-order valence-corrected chi connectivity index (χ3v) is 2.92. The maximum Gasteiger partial charge on any atom is 0.257 e. The van der Waals surface area contributed by atoms with E-state index in [1.165, 1.54) is 0 Å². The summed E-state index contributed by atoms with van der Waals surface area (Å²) in [4.78, 5) is 11.4. The van der Waals surface area contributed by atoms with E-state index in [1.807, 2.05) is 13.0 Å². The summed E-state index contributed by atoms with van der Waals surface area (Å²) in [6.45, 7) is 4.21. The van der Waals surface area contributed by atoms with Crippen molar-refractivity contribution in [2.24, 2.45) is 0 Å². The second-order valence-corrected chi connectivity index (χ2v) is 4.89. The summed E-state index contributed by atoms with van der Waals surface area (Å²) in [6, 6.07) is 5.25. The number of halogens is 3. The Kier molecular flexibility index (Phi) is 10.0. The number of amides is 1. The van der Waals surface area contributed by atoms with Gasteiger partial charge in [-0.2, -0.15) is 0 Å². The highest BCUT2D eigenvalue weighted by Crippen LogP contribution is 2.27. The molecule has 4 nitrogen and oxygen atoms in total. The molecule has 0 aliphatic rings. The van der Waals surface area contributed by atoms with Crippen molar-refractivity contribution in [2.45, 2.75) is 6.92 Å². The number of benzene rings is 1. The Balaban J connectivity index is 0.00000324. The second kappa shape index (κ2) is 10.3. The van der Waals surface area contributed by atoms with Gasteiger partial charge in [0, 0.05) is 17.6 Å². The molecule has 0 aliphatic heterocycles. The van der Waals surface area contributed by atoms with Gasteiger partial charge in [0.15, 0.2) is 6.61 Å². The molecular weight excluding hydrogens is 355 g/mol. The molecule has 0 aromatic heterocycles. The maximum absolute atomic E-state index is 11.4. The van der Waals surface area contributed by atoms with Crippen molar-refractivity contribution >= 4 is 45.8 Å². The first-order chi connectivity index (χ1) is 8.63. The minimum atomic E-state index is -0.160. The Morgan fingerprint density at radius 3 is 2.79 bits per heavy atom. The Morgan fingerprint density at radius 1 is 1.42 bits per heavy atom. The fourth-order valence-corrected chi connectivity index (χ4v) is 1.98. The molecule has 0 saturated carbocycles. The second-order valence-electron chi connectivity index (χ2n) is 3.57. The molecule has 2 N–H and O–H groups in total. The molecular formula is C12H17BrCl2N2O2. The van der Waals surface area contributed by atoms with Crippen LogP contribution in [0.2, 0.25) is 5.02 Å². The van der Waals surface area contributed by atoms with Crippen molar-refractivity contribution in [1.82, 2.24) is 10.6 Å². The monoisotopic (exact) mass is 370 g/mol. The number of carbonyl (C=O) groups excluding carboxylic acids is 1. The highest BCUT2D eigenvalue weighted by molar-refractivity contribution is 9.10. The lowest BCUT2D eigenvalue weighted by Crippen LogP contribution is -2.34. The topological polar surface area (TPSA) is 50.4 Å². The van der Waals surface area contributed by atoms with Gasteiger partial charge in [-0.1, -0.05) is 34.5 Å². The van der Waals surface area contributed by atoms with Crippen LogP contribution in [0.25, 0.3) is 0 Å². The van der Waals surface area contributed by atoms with E-state index in [1.54, 1.807) is 12.1 Å². The number of likely N-dealkylation sites (N-methyl/N-ethyl adjacent to an activating group) is 1. The highest BCUT2D eigenvalue weighted by atomic mass is 79.9. The number of hydrogen-bond acceptors (Lipinski definition) is 3. The lowest BCUT2D eigenvalue weighted by atomic mass is 10.3. The van der Waals surface area contributed by atoms with Crippen LogP contribution in [0.5, 0.6) is 5.75 Å². The van der Waals surface area contributed by atoms with Crippen molar-refractivity contribution < 1.29 is 9.53 Å². The highest BCUT2D eigenvalue weighted by Gasteiger charge is 2.05. The van der Waals surface area contributed by atoms with Crippen LogP contribution in [-0.4, -0.2) is 32.1 Å². The van der Waals surface area contributed by atoms with Crippen molar-refractivity contribution in [3.8, 4) is 5.75 Å². The van der Waals surface area contributed by atoms with Crippen molar-refractivity contribution in [3.05, 3.63) is 27.7 Å². The lowest BCUT2D eigenvalue weighted by molar-refractivity contribution is -0.123. The van der Waals surface area contributed by atoms with Gasteiger partial charge in [-0.3, -0.25) is 4.79 Å². The van der Waals surface area contributed by atoms with Crippen LogP contribution in [0, 0.1) is 0 Å². The van der Waals surface area contributed by atoms with Gasteiger partial charge in [-0.15, -0.1) is 12.4 Å². The summed E-state index contributed by atoms with van der Waals surface area (Å²) in [5.41, 5.74) is 0. The molecule has 0 heterocycles. The molecule has 19 heavy (non-hydrogen) atoms. The van der Waals surface area contributed by atoms with Gasteiger partial charge in [0.05, 0.1) is 5.02 Å². The quantitative estimate of drug-likeness (QED) is 0.724. The Morgan fingerprint density at radius 2 is 2.16 bits per heavy atom. The molecule has 0 atom stereocenters. The minimum Gasteiger partial charge on any atom is -0.482 e. The molecule has 0 bridgehead atoms. The number of carbonyl (C=O) groups is 1. The van der Waals surface area contributed by atoms with Crippen LogP contribution < -0.4 is 15.4 Å². The summed E-state index contributed by atoms with van der Waals surface area (Å²) in [5.74, 6) is 0.341. The molecule has 0 saturated heterocycles. The van der Waals surface area contributed by atoms with Crippen molar-refractivity contribution in [3.63, 3.8) is 0 Å². The summed E-state index contributed by atoms with van der Waals surface area (Å²) < 4.78 is 6.20. The molecule has 0 fully saturated rings. The Labute approximate surface area is 132 Å². The fourth-order valence-electron chi connectivity index (χ4n) is 1.25. The van der Waals surface area contributed by atoms with Crippen LogP contribution in [0.15, 0.2) is 22.7 Å². The Bertz CT molecular complexity index is 405. The van der Waals surface area contributed by atoms with Gasteiger partial charge in [0.1, 0.15) is 5.75 Å². The van der Waals surface area contributed by atoms with Crippen molar-refractivity contribution in [1.29, 1.82) is 0 Å². The van der Waals surface area contributed by atoms with E-state index in [-0.39, 0.29) is 24.9 Å². The predicted molar refractivity (Wildman–Crippen MR) is 83.4 cm³/mol. The standard InChI is InChI=1S/C12H16BrClN2O2.ClH/c1-2-15-5-6-16-12(17)8-18-11-4-3-9(13)7-10(11)14;/h3-4,7,15H,2,5-6,8H2,1H3,(H,16,17);1H. The van der Waals surface area contributed by atoms with Crippen LogP contribution in [0.1, 0.15) is 6.92 Å². The minimum absolute atomic E-state index is 0. The smallest absolute Gasteiger partial charge is 0.257 e. The first-order valence-corrected chi connectivity index (χ1v) is 6.86. The number of rotatable bonds is 7. The molecule has 1 amide bonds. The normalized spacial score (nSPS) is 9.63. The summed E-state index contributed by atoms with van der Waals surface area (Å²) in [5, 5.41) is 6.33. The van der Waals surface area contributed by atoms with E-state index < -0.39 is 0 Å². The first-order valence-electron chi connectivity index (χ1n) is 5.68. The predicted octanol–water partition coefficient (Wildman–Crippen LogP) is 2.63. The molecule has 0 radical (unpaired) electrons. The Hall–Kier alpha value is -0.490. The van der Waals surface area contributed by atoms with Gasteiger partial charge < -0.3 is 15.4 Å². The zero-order valence-electron chi connectivity index (χ0n) is 10.5. The molecule has 1 aromatic carbocycles. The number of ether oxygens (including phenoxy) is 1. The molecule has 0 unspecified atom stereocenters. The van der Waals surface area contributed by atoms with E-state index >= 15 is 0 Å². The van der Waals surface area contributed by atoms with Crippen LogP contribution in [0.4, 0.5) is 0 Å². The van der Waals surface area contributed by atoms with E-state index in [4.69, 9.17) is 16.3 Å². The van der Waals surface area contributed by atoms with E-state index in [2.05, 4.69) is 26.6 Å². The van der Waals surface area contributed by atoms with Gasteiger partial charge in [-0.25, -0.2) is 0 Å². The molecule has 0 spiro atoms. The van der Waals surface area contributed by atoms with E-state index in [9.17, 15) is 4.79 Å². The summed E-state index contributed by atoms with van der Waals surface area (Å²) in [6.07, 6.45) is 0. The van der Waals surface area contributed by atoms with E-state index in [0.29, 0.717) is 17.3 Å². The first kappa shape index (κ1) is 18.5. The van der Waals surface area contributed by atoms with Crippen molar-refractivity contribution in [2.75, 3.05) is 26.2 Å². The summed E-state index contributed by atoms with van der Waals surface area (Å²) >= 11 is 9.26. The van der Waals surface area contributed by atoms with Gasteiger partial charge in [0.2, 0.25) is 0 Å². The fraction of sp³-hybridized carbons (Fsp3) is 0.417. The van der Waals surface area contributed by atoms with Gasteiger partial charge in [0.25, 0.3) is 5.91 Å². The van der Waals surface area contributed by atoms with Gasteiger partial charge in [-0.05, 0) is 24.7 Å². The summed E-state index contributed by atoms with van der Waals surface area (Å²) in [7, 11) is 0. The van der Waals surface area contributed by atoms with Gasteiger partial charge >= 0.3 is 0 Å². The molecule has 1 rings (SSSR count). The molecule has 108 valence electrons. The third kappa shape index (κ3) is 7.62. The molecule has 1 aromatic rings. The number of hydrogen-bond donors (Lipinski definition) is 2. The number of nitrogens with one attached hydrogen (secondary N) is 2. The third-order valence-electron chi connectivity index (χ3n) is 2.13. The van der Waals surface area contributed by atoms with Crippen LogP contribution in [-0.2, 0) is 4.79 Å². The lowest BCUT2D eigenvalue weighted by Gasteiger charge is -2.09. The zero-order chi connectivity index (χ0) is 13.4. The maximum atomic E-state index is 11.4. The average molecular weight is 372 g/mol. The molecule has 0 aliphatic carbocycles. The average Bonchev–Trinajstić information content (AvgIpc) is 2.33. The van der Waals surface area contributed by atoms with Crippen LogP contribution in [0.3, 0.4) is 0 Å². The largest absolute Gasteiger partial charge is 0.482 e. The molecule has 7 heteroatoms. The zero-order valence-corrected chi connectivity index (χ0v) is 13.7. The van der Waals surface area contributed by atoms with Crippen LogP contribution >= 0.6 is 39.9 Å². The van der Waals surface area contributed by atoms with E-state index in [0.717, 1.165) is 17.6 Å².